The zero-order chi connectivity index (χ0) is 12.2. The van der Waals surface area contributed by atoms with Crippen LogP contribution in [0.5, 0.6) is 0 Å². The van der Waals surface area contributed by atoms with Crippen LogP contribution in [0.1, 0.15) is 25.7 Å². The third-order valence-corrected chi connectivity index (χ3v) is 1.99. The van der Waals surface area contributed by atoms with Crippen molar-refractivity contribution in [3.63, 3.8) is 0 Å². The summed E-state index contributed by atoms with van der Waals surface area (Å²) in [4.78, 5) is 20.0. The lowest BCUT2D eigenvalue weighted by Gasteiger charge is -2.05. The largest absolute Gasteiger partial charge is 0.548 e. The van der Waals surface area contributed by atoms with E-state index in [0.29, 0.717) is 0 Å². The molecule has 16 heavy (non-hydrogen) atoms. The average Bonchev–Trinajstić information content (AvgIpc) is 2.30. The Hall–Kier alpha value is -1.61. The zero-order valence-corrected chi connectivity index (χ0v) is 9.20. The fourth-order valence-electron chi connectivity index (χ4n) is 1.20. The highest BCUT2D eigenvalue weighted by Gasteiger charge is 1.97. The van der Waals surface area contributed by atoms with Crippen molar-refractivity contribution in [1.29, 1.82) is 5.26 Å². The second-order valence-electron chi connectivity index (χ2n) is 3.41. The summed E-state index contributed by atoms with van der Waals surface area (Å²) in [5, 5.41) is 22.0. The minimum absolute atomic E-state index is 0.326. The van der Waals surface area contributed by atoms with Gasteiger partial charge in [-0.1, -0.05) is 0 Å². The molecule has 1 rings (SSSR count). The topological polar surface area (TPSA) is 110 Å². The Morgan fingerprint density at radius 2 is 1.94 bits per heavy atom. The van der Waals surface area contributed by atoms with Gasteiger partial charge >= 0.3 is 0 Å². The van der Waals surface area contributed by atoms with Crippen LogP contribution >= 0.6 is 0 Å². The molecule has 0 saturated carbocycles. The van der Waals surface area contributed by atoms with Crippen molar-refractivity contribution in [3.05, 3.63) is 0 Å². The molecular weight excluding hydrogens is 210 g/mol. The molecule has 0 bridgehead atoms. The second kappa shape index (κ2) is 9.93. The van der Waals surface area contributed by atoms with Crippen molar-refractivity contribution in [3.8, 4) is 6.07 Å². The number of nitrogens with zero attached hydrogens (tertiary/aromatic N) is 1. The second-order valence-corrected chi connectivity index (χ2v) is 3.41. The highest BCUT2D eigenvalue weighted by atomic mass is 16.4. The molecule has 1 aliphatic rings. The molecule has 0 spiro atoms. The van der Waals surface area contributed by atoms with Gasteiger partial charge in [0.1, 0.15) is 6.42 Å². The molecule has 0 aromatic rings. The van der Waals surface area contributed by atoms with Gasteiger partial charge in [0, 0.05) is 0 Å². The SMILES string of the molecule is C1CC[NH2+]CC1.N#CCC(=O)NCC(=O)[O-]. The third-order valence-electron chi connectivity index (χ3n) is 1.99. The van der Waals surface area contributed by atoms with E-state index in [0.717, 1.165) is 0 Å². The molecule has 1 fully saturated rings. The van der Waals surface area contributed by atoms with Gasteiger partial charge in [-0.05, 0) is 19.3 Å². The number of carboxylic acid groups (broad SMARTS) is 1. The number of hydrogen-bond acceptors (Lipinski definition) is 4. The number of carbonyl (C=O) groups is 2. The first-order valence-corrected chi connectivity index (χ1v) is 5.32. The minimum Gasteiger partial charge on any atom is -0.548 e. The summed E-state index contributed by atoms with van der Waals surface area (Å²) in [7, 11) is 0. The van der Waals surface area contributed by atoms with Crippen LogP contribution in [0.15, 0.2) is 0 Å². The molecule has 90 valence electrons. The molecular formula is C10H17N3O3. The normalized spacial score (nSPS) is 13.9. The number of nitriles is 1. The smallest absolute Gasteiger partial charge is 0.234 e. The van der Waals surface area contributed by atoms with Crippen LogP contribution in [-0.2, 0) is 9.59 Å². The molecule has 0 aromatic heterocycles. The van der Waals surface area contributed by atoms with Gasteiger partial charge in [0.05, 0.1) is 31.7 Å². The van der Waals surface area contributed by atoms with Crippen LogP contribution in [0, 0.1) is 11.3 Å². The number of piperidine rings is 1. The lowest BCUT2D eigenvalue weighted by atomic mass is 10.2. The molecule has 3 N–H and O–H groups in total. The molecule has 0 aromatic carbocycles. The molecule has 0 aliphatic carbocycles. The molecule has 1 amide bonds. The number of nitrogens with one attached hydrogen (secondary N) is 1. The number of quaternary nitrogens is 1. The summed E-state index contributed by atoms with van der Waals surface area (Å²) < 4.78 is 0. The van der Waals surface area contributed by atoms with Gasteiger partial charge in [0.25, 0.3) is 0 Å². The first-order valence-electron chi connectivity index (χ1n) is 5.32. The fourth-order valence-corrected chi connectivity index (χ4v) is 1.20. The number of carboxylic acids is 1. The summed E-state index contributed by atoms with van der Waals surface area (Å²) in [6.45, 7) is 2.21. The number of amides is 1. The lowest BCUT2D eigenvalue weighted by molar-refractivity contribution is -0.662. The van der Waals surface area contributed by atoms with Crippen LogP contribution in [0.3, 0.4) is 0 Å². The van der Waals surface area contributed by atoms with E-state index in [2.05, 4.69) is 5.32 Å². The molecule has 0 radical (unpaired) electrons. The van der Waals surface area contributed by atoms with E-state index in [1.807, 2.05) is 5.32 Å². The van der Waals surface area contributed by atoms with Crippen molar-refractivity contribution < 1.29 is 20.0 Å². The van der Waals surface area contributed by atoms with Gasteiger partial charge in [-0.25, -0.2) is 0 Å². The number of nitrogens with two attached hydrogens (primary N) is 1. The summed E-state index contributed by atoms with van der Waals surface area (Å²) in [6, 6.07) is 1.57. The van der Waals surface area contributed by atoms with Gasteiger partial charge in [0.2, 0.25) is 5.91 Å². The molecule has 6 heteroatoms. The van der Waals surface area contributed by atoms with Gasteiger partial charge in [-0.2, -0.15) is 5.26 Å². The van der Waals surface area contributed by atoms with Crippen LogP contribution < -0.4 is 15.7 Å². The van der Waals surface area contributed by atoms with Crippen molar-refractivity contribution in [2.45, 2.75) is 25.7 Å². The van der Waals surface area contributed by atoms with Crippen molar-refractivity contribution in [2.75, 3.05) is 19.6 Å². The zero-order valence-electron chi connectivity index (χ0n) is 9.20. The van der Waals surface area contributed by atoms with Crippen molar-refractivity contribution >= 4 is 11.9 Å². The number of aliphatic carboxylic acids is 1. The Labute approximate surface area is 94.6 Å². The van der Waals surface area contributed by atoms with E-state index in [1.54, 1.807) is 6.07 Å². The molecule has 1 heterocycles. The fraction of sp³-hybridized carbons (Fsp3) is 0.700. The minimum atomic E-state index is -1.37. The van der Waals surface area contributed by atoms with Crippen molar-refractivity contribution in [1.82, 2.24) is 5.32 Å². The lowest BCUT2D eigenvalue weighted by Crippen LogP contribution is -2.85. The highest BCUT2D eigenvalue weighted by molar-refractivity contribution is 5.81. The van der Waals surface area contributed by atoms with Crippen LogP contribution in [-0.4, -0.2) is 31.5 Å². The monoisotopic (exact) mass is 227 g/mol. The molecule has 0 atom stereocenters. The number of carbonyl (C=O) groups excluding carboxylic acids is 2. The Kier molecular flexibility index (Phi) is 8.93. The maximum absolute atomic E-state index is 10.3. The van der Waals surface area contributed by atoms with Crippen LogP contribution in [0.2, 0.25) is 0 Å². The van der Waals surface area contributed by atoms with Gasteiger partial charge in [0.15, 0.2) is 0 Å². The summed E-state index contributed by atoms with van der Waals surface area (Å²) in [5.74, 6) is -1.97. The first kappa shape index (κ1) is 14.4. The highest BCUT2D eigenvalue weighted by Crippen LogP contribution is 1.91. The molecule has 6 nitrogen and oxygen atoms in total. The van der Waals surface area contributed by atoms with Crippen molar-refractivity contribution in [2.24, 2.45) is 0 Å². The van der Waals surface area contributed by atoms with E-state index in [4.69, 9.17) is 5.26 Å². The Bertz CT molecular complexity index is 245. The van der Waals surface area contributed by atoms with E-state index in [1.165, 1.54) is 32.4 Å². The Balaban J connectivity index is 0.000000315. The van der Waals surface area contributed by atoms with Gasteiger partial charge < -0.3 is 20.5 Å². The van der Waals surface area contributed by atoms with E-state index >= 15 is 0 Å². The quantitative estimate of drug-likeness (QED) is 0.555. The number of hydrogen-bond donors (Lipinski definition) is 2. The summed E-state index contributed by atoms with van der Waals surface area (Å²) in [5.41, 5.74) is 0. The maximum atomic E-state index is 10.3. The third kappa shape index (κ3) is 10.5. The Morgan fingerprint density at radius 3 is 2.25 bits per heavy atom. The maximum Gasteiger partial charge on any atom is 0.234 e. The standard InChI is InChI=1S/C5H6N2O3.C5H11N/c6-2-1-4(8)7-3-5(9)10;1-2-4-6-5-3-1/h1,3H2,(H,7,8)(H,9,10);6H,1-5H2. The summed E-state index contributed by atoms with van der Waals surface area (Å²) >= 11 is 0. The molecule has 0 unspecified atom stereocenters. The average molecular weight is 227 g/mol. The van der Waals surface area contributed by atoms with E-state index in [9.17, 15) is 14.7 Å². The summed E-state index contributed by atoms with van der Waals surface area (Å²) in [6.07, 6.45) is 4.03. The predicted octanol–water partition coefficient (Wildman–Crippen LogP) is -2.50. The van der Waals surface area contributed by atoms with Crippen LogP contribution in [0.4, 0.5) is 0 Å². The van der Waals surface area contributed by atoms with E-state index < -0.39 is 18.4 Å². The van der Waals surface area contributed by atoms with Gasteiger partial charge in [-0.15, -0.1) is 0 Å². The van der Waals surface area contributed by atoms with E-state index in [-0.39, 0.29) is 6.42 Å². The van der Waals surface area contributed by atoms with Gasteiger partial charge in [-0.3, -0.25) is 4.79 Å². The Morgan fingerprint density at radius 1 is 1.31 bits per heavy atom. The molecule has 1 saturated heterocycles. The predicted molar refractivity (Wildman–Crippen MR) is 53.8 cm³/mol. The molecule has 1 aliphatic heterocycles. The number of rotatable bonds is 3. The van der Waals surface area contributed by atoms with Crippen LogP contribution in [0.25, 0.3) is 0 Å². The first-order chi connectivity index (χ1) is 7.66.